The Morgan fingerprint density at radius 1 is 1.05 bits per heavy atom. The number of hydrogen-bond donors (Lipinski definition) is 1. The molecule has 1 N–H and O–H groups in total. The minimum atomic E-state index is 0.822. The fraction of sp³-hybridized carbons (Fsp3) is 0.389. The number of benzene rings is 1. The van der Waals surface area contributed by atoms with Gasteiger partial charge in [-0.3, -0.25) is 4.98 Å². The fourth-order valence-corrected chi connectivity index (χ4v) is 2.47. The maximum Gasteiger partial charge on any atom is 0.0600 e. The van der Waals surface area contributed by atoms with Gasteiger partial charge in [0.25, 0.3) is 0 Å². The summed E-state index contributed by atoms with van der Waals surface area (Å²) >= 11 is 0. The van der Waals surface area contributed by atoms with Crippen molar-refractivity contribution in [2.75, 3.05) is 18.5 Å². The molecular weight excluding hydrogens is 258 g/mol. The monoisotopic (exact) mass is 283 g/mol. The summed E-state index contributed by atoms with van der Waals surface area (Å²) in [6.45, 7) is 9.01. The van der Waals surface area contributed by atoms with Gasteiger partial charge in [-0.15, -0.1) is 0 Å². The van der Waals surface area contributed by atoms with Crippen LogP contribution in [0.15, 0.2) is 36.4 Å². The maximum atomic E-state index is 4.72. The summed E-state index contributed by atoms with van der Waals surface area (Å²) < 4.78 is 0. The number of nitrogens with zero attached hydrogens (tertiary/aromatic N) is 2. The van der Waals surface area contributed by atoms with Gasteiger partial charge in [-0.2, -0.15) is 0 Å². The van der Waals surface area contributed by atoms with E-state index in [1.165, 1.54) is 16.8 Å². The molecule has 2 rings (SSSR count). The van der Waals surface area contributed by atoms with Gasteiger partial charge in [0.2, 0.25) is 0 Å². The van der Waals surface area contributed by atoms with Crippen molar-refractivity contribution < 1.29 is 0 Å². The summed E-state index contributed by atoms with van der Waals surface area (Å²) in [6.07, 6.45) is 0. The second-order valence-electron chi connectivity index (χ2n) is 5.60. The van der Waals surface area contributed by atoms with Crippen molar-refractivity contribution >= 4 is 5.69 Å². The molecule has 21 heavy (non-hydrogen) atoms. The molecule has 0 amide bonds. The molecule has 0 saturated carbocycles. The van der Waals surface area contributed by atoms with E-state index < -0.39 is 0 Å². The normalized spacial score (nSPS) is 10.7. The molecule has 3 nitrogen and oxygen atoms in total. The van der Waals surface area contributed by atoms with Crippen LogP contribution in [0.5, 0.6) is 0 Å². The molecule has 3 heteroatoms. The van der Waals surface area contributed by atoms with E-state index in [0.717, 1.165) is 31.0 Å². The van der Waals surface area contributed by atoms with Crippen LogP contribution in [0.3, 0.4) is 0 Å². The summed E-state index contributed by atoms with van der Waals surface area (Å²) in [6, 6.07) is 12.9. The average molecular weight is 283 g/mol. The average Bonchev–Trinajstić information content (AvgIpc) is 2.44. The van der Waals surface area contributed by atoms with Gasteiger partial charge in [0.1, 0.15) is 0 Å². The lowest BCUT2D eigenvalue weighted by molar-refractivity contribution is 0.704. The number of aryl methyl sites for hydroxylation is 2. The van der Waals surface area contributed by atoms with Gasteiger partial charge in [-0.25, -0.2) is 0 Å². The first kappa shape index (κ1) is 15.5. The molecule has 0 aliphatic rings. The molecule has 112 valence electrons. The Kier molecular flexibility index (Phi) is 5.34. The number of pyridine rings is 1. The van der Waals surface area contributed by atoms with Crippen LogP contribution in [0.2, 0.25) is 0 Å². The van der Waals surface area contributed by atoms with Crippen LogP contribution >= 0.6 is 0 Å². The highest BCUT2D eigenvalue weighted by Crippen LogP contribution is 2.19. The molecule has 0 unspecified atom stereocenters. The Bertz CT molecular complexity index is 573. The van der Waals surface area contributed by atoms with E-state index >= 15 is 0 Å². The zero-order chi connectivity index (χ0) is 15.2. The zero-order valence-corrected chi connectivity index (χ0v) is 13.5. The fourth-order valence-electron chi connectivity index (χ4n) is 2.47. The highest BCUT2D eigenvalue weighted by molar-refractivity contribution is 5.50. The lowest BCUT2D eigenvalue weighted by Crippen LogP contribution is -2.19. The van der Waals surface area contributed by atoms with Crippen LogP contribution in [-0.4, -0.2) is 18.6 Å². The Morgan fingerprint density at radius 3 is 2.38 bits per heavy atom. The Morgan fingerprint density at radius 2 is 1.71 bits per heavy atom. The van der Waals surface area contributed by atoms with Crippen molar-refractivity contribution in [2.24, 2.45) is 0 Å². The topological polar surface area (TPSA) is 28.2 Å². The molecule has 2 aromatic rings. The highest BCUT2D eigenvalue weighted by Gasteiger charge is 2.05. The van der Waals surface area contributed by atoms with Crippen LogP contribution in [0.1, 0.15) is 29.4 Å². The molecule has 1 heterocycles. The van der Waals surface area contributed by atoms with Crippen molar-refractivity contribution in [3.63, 3.8) is 0 Å². The molecule has 0 aliphatic carbocycles. The number of anilines is 1. The number of aromatic nitrogens is 1. The first-order valence-corrected chi connectivity index (χ1v) is 7.53. The van der Waals surface area contributed by atoms with E-state index in [1.54, 1.807) is 0 Å². The lowest BCUT2D eigenvalue weighted by Gasteiger charge is -2.20. The second kappa shape index (κ2) is 7.23. The van der Waals surface area contributed by atoms with Crippen LogP contribution in [0.4, 0.5) is 5.69 Å². The SMILES string of the molecule is CCNCc1cccc(CN(C)c2cc(C)cc(C)c2)n1. The van der Waals surface area contributed by atoms with Crippen molar-refractivity contribution in [1.29, 1.82) is 0 Å². The van der Waals surface area contributed by atoms with Gasteiger partial charge in [0.05, 0.1) is 17.9 Å². The maximum absolute atomic E-state index is 4.72. The Labute approximate surface area is 128 Å². The minimum Gasteiger partial charge on any atom is -0.369 e. The predicted molar refractivity (Wildman–Crippen MR) is 89.6 cm³/mol. The van der Waals surface area contributed by atoms with E-state index in [9.17, 15) is 0 Å². The molecule has 0 aliphatic heterocycles. The molecule has 0 atom stereocenters. The molecule has 0 fully saturated rings. The summed E-state index contributed by atoms with van der Waals surface area (Å²) in [4.78, 5) is 6.97. The van der Waals surface area contributed by atoms with Gasteiger partial charge in [0.15, 0.2) is 0 Å². The van der Waals surface area contributed by atoms with Gasteiger partial charge >= 0.3 is 0 Å². The largest absolute Gasteiger partial charge is 0.369 e. The number of rotatable bonds is 6. The number of hydrogen-bond acceptors (Lipinski definition) is 3. The molecule has 0 radical (unpaired) electrons. The summed E-state index contributed by atoms with van der Waals surface area (Å²) in [5.41, 5.74) is 6.04. The molecular formula is C18H25N3. The smallest absolute Gasteiger partial charge is 0.0600 e. The summed E-state index contributed by atoms with van der Waals surface area (Å²) in [5.74, 6) is 0. The van der Waals surface area contributed by atoms with Crippen molar-refractivity contribution in [2.45, 2.75) is 33.9 Å². The van der Waals surface area contributed by atoms with Gasteiger partial charge in [0, 0.05) is 19.3 Å². The Hall–Kier alpha value is -1.87. The van der Waals surface area contributed by atoms with E-state index in [1.807, 2.05) is 0 Å². The van der Waals surface area contributed by atoms with Crippen LogP contribution < -0.4 is 10.2 Å². The van der Waals surface area contributed by atoms with E-state index in [2.05, 4.69) is 74.4 Å². The van der Waals surface area contributed by atoms with E-state index in [4.69, 9.17) is 4.98 Å². The zero-order valence-electron chi connectivity index (χ0n) is 13.5. The lowest BCUT2D eigenvalue weighted by atomic mass is 10.1. The molecule has 0 saturated heterocycles. The minimum absolute atomic E-state index is 0.822. The van der Waals surface area contributed by atoms with Crippen molar-refractivity contribution in [3.8, 4) is 0 Å². The third kappa shape index (κ3) is 4.57. The second-order valence-corrected chi connectivity index (χ2v) is 5.60. The van der Waals surface area contributed by atoms with Crippen molar-refractivity contribution in [1.82, 2.24) is 10.3 Å². The Balaban J connectivity index is 2.09. The molecule has 1 aromatic heterocycles. The molecule has 0 bridgehead atoms. The van der Waals surface area contributed by atoms with Crippen LogP contribution in [0.25, 0.3) is 0 Å². The summed E-state index contributed by atoms with van der Waals surface area (Å²) in [5, 5.41) is 3.32. The van der Waals surface area contributed by atoms with Gasteiger partial charge in [-0.05, 0) is 55.8 Å². The highest BCUT2D eigenvalue weighted by atomic mass is 15.1. The first-order chi connectivity index (χ1) is 10.1. The van der Waals surface area contributed by atoms with E-state index in [0.29, 0.717) is 0 Å². The molecule has 0 spiro atoms. The predicted octanol–water partition coefficient (Wildman–Crippen LogP) is 3.44. The van der Waals surface area contributed by atoms with E-state index in [-0.39, 0.29) is 0 Å². The van der Waals surface area contributed by atoms with Gasteiger partial charge in [-0.1, -0.05) is 19.1 Å². The quantitative estimate of drug-likeness (QED) is 0.880. The van der Waals surface area contributed by atoms with Crippen LogP contribution in [0, 0.1) is 13.8 Å². The third-order valence-electron chi connectivity index (χ3n) is 3.47. The van der Waals surface area contributed by atoms with Gasteiger partial charge < -0.3 is 10.2 Å². The first-order valence-electron chi connectivity index (χ1n) is 7.53. The molecule has 1 aromatic carbocycles. The number of nitrogens with one attached hydrogen (secondary N) is 1. The van der Waals surface area contributed by atoms with Crippen molar-refractivity contribution in [3.05, 3.63) is 58.9 Å². The standard InChI is InChI=1S/C18H25N3/c1-5-19-12-16-7-6-8-17(20-16)13-21(4)18-10-14(2)9-15(3)11-18/h6-11,19H,5,12-13H2,1-4H3. The summed E-state index contributed by atoms with van der Waals surface area (Å²) in [7, 11) is 2.12. The third-order valence-corrected chi connectivity index (χ3v) is 3.47. The van der Waals surface area contributed by atoms with Crippen LogP contribution in [-0.2, 0) is 13.1 Å².